The summed E-state index contributed by atoms with van der Waals surface area (Å²) in [5.74, 6) is 1.14. The van der Waals surface area contributed by atoms with Crippen molar-refractivity contribution in [3.8, 4) is 11.5 Å². The van der Waals surface area contributed by atoms with Crippen molar-refractivity contribution >= 4 is 0 Å². The Hall–Kier alpha value is -1.26. The number of hydrogen-bond donors (Lipinski definition) is 3. The molecule has 2 fully saturated rings. The Labute approximate surface area is 163 Å². The average molecular weight is 374 g/mol. The van der Waals surface area contributed by atoms with Crippen molar-refractivity contribution in [2.24, 2.45) is 11.8 Å². The quantitative estimate of drug-likeness (QED) is 0.684. The number of rotatable bonds is 5. The molecule has 0 aromatic heterocycles. The SMILES string of the molecule is CCC(C)C[C@]12CCN(CC3CCC3)[C@H](Cc3ccc(O)c(O)c31)[C@@]2(C)O. The second kappa shape index (κ2) is 6.66. The van der Waals surface area contributed by atoms with Gasteiger partial charge in [0.05, 0.1) is 5.60 Å². The number of nitrogens with zero attached hydrogens (tertiary/aromatic N) is 1. The number of aromatic hydroxyl groups is 2. The van der Waals surface area contributed by atoms with E-state index in [1.165, 1.54) is 19.3 Å². The summed E-state index contributed by atoms with van der Waals surface area (Å²) in [5, 5.41) is 33.0. The maximum absolute atomic E-state index is 12.0. The zero-order chi connectivity index (χ0) is 19.4. The van der Waals surface area contributed by atoms with Gasteiger partial charge >= 0.3 is 0 Å². The van der Waals surface area contributed by atoms with Gasteiger partial charge in [-0.3, -0.25) is 4.90 Å². The molecule has 4 nitrogen and oxygen atoms in total. The van der Waals surface area contributed by atoms with Crippen molar-refractivity contribution in [1.82, 2.24) is 4.90 Å². The second-order valence-corrected chi connectivity index (χ2v) is 9.68. The van der Waals surface area contributed by atoms with E-state index in [1.54, 1.807) is 6.07 Å². The van der Waals surface area contributed by atoms with E-state index >= 15 is 0 Å². The number of benzene rings is 1. The highest BCUT2D eigenvalue weighted by Gasteiger charge is 2.61. The van der Waals surface area contributed by atoms with E-state index in [4.69, 9.17) is 0 Å². The lowest BCUT2D eigenvalue weighted by Gasteiger charge is -2.62. The molecule has 4 rings (SSSR count). The monoisotopic (exact) mass is 373 g/mol. The Morgan fingerprint density at radius 2 is 2.00 bits per heavy atom. The molecule has 4 heteroatoms. The van der Waals surface area contributed by atoms with Crippen molar-refractivity contribution in [1.29, 1.82) is 0 Å². The Morgan fingerprint density at radius 1 is 1.26 bits per heavy atom. The number of phenols is 2. The van der Waals surface area contributed by atoms with Gasteiger partial charge in [0.15, 0.2) is 11.5 Å². The summed E-state index contributed by atoms with van der Waals surface area (Å²) < 4.78 is 0. The van der Waals surface area contributed by atoms with Crippen molar-refractivity contribution in [3.63, 3.8) is 0 Å². The number of phenolic OH excluding ortho intramolecular Hbond substituents is 2. The van der Waals surface area contributed by atoms with Gasteiger partial charge in [-0.2, -0.15) is 0 Å². The first kappa shape index (κ1) is 19.1. The predicted octanol–water partition coefficient (Wildman–Crippen LogP) is 3.95. The highest BCUT2D eigenvalue weighted by Crippen LogP contribution is 2.58. The van der Waals surface area contributed by atoms with Gasteiger partial charge in [0.2, 0.25) is 0 Å². The number of fused-ring (bicyclic) bond motifs is 4. The van der Waals surface area contributed by atoms with Gasteiger partial charge in [0.1, 0.15) is 0 Å². The van der Waals surface area contributed by atoms with Gasteiger partial charge in [-0.25, -0.2) is 0 Å². The van der Waals surface area contributed by atoms with Gasteiger partial charge < -0.3 is 15.3 Å². The zero-order valence-electron chi connectivity index (χ0n) is 17.0. The van der Waals surface area contributed by atoms with E-state index in [2.05, 4.69) is 18.7 Å². The first-order valence-electron chi connectivity index (χ1n) is 10.8. The van der Waals surface area contributed by atoms with Crippen LogP contribution in [0.3, 0.4) is 0 Å². The van der Waals surface area contributed by atoms with Gasteiger partial charge in [-0.15, -0.1) is 0 Å². The Balaban J connectivity index is 1.80. The average Bonchev–Trinajstić information content (AvgIpc) is 2.57. The van der Waals surface area contributed by atoms with Crippen LogP contribution in [0.4, 0.5) is 0 Å². The maximum Gasteiger partial charge on any atom is 0.161 e. The molecule has 1 saturated heterocycles. The van der Waals surface area contributed by atoms with Crippen LogP contribution in [-0.2, 0) is 11.8 Å². The standard InChI is InChI=1S/C23H35NO3/c1-4-15(2)13-23-10-11-24(14-16-6-5-7-16)19(22(23,3)27)12-17-8-9-18(25)21(26)20(17)23/h8-9,15-16,19,25-27H,4-7,10-14H2,1-3H3/t15?,19-,22-,23-/m1/s1. The lowest BCUT2D eigenvalue weighted by molar-refractivity contribution is -0.145. The largest absolute Gasteiger partial charge is 0.504 e. The number of hydrogen-bond acceptors (Lipinski definition) is 4. The van der Waals surface area contributed by atoms with Crippen LogP contribution in [0.2, 0.25) is 0 Å². The summed E-state index contributed by atoms with van der Waals surface area (Å²) in [6.45, 7) is 8.45. The van der Waals surface area contributed by atoms with E-state index in [0.29, 0.717) is 5.92 Å². The molecule has 1 aromatic carbocycles. The first-order valence-corrected chi connectivity index (χ1v) is 10.8. The Bertz CT molecular complexity index is 712. The molecule has 150 valence electrons. The highest BCUT2D eigenvalue weighted by molar-refractivity contribution is 5.57. The number of aliphatic hydroxyl groups is 1. The molecule has 0 amide bonds. The molecular formula is C23H35NO3. The summed E-state index contributed by atoms with van der Waals surface area (Å²) >= 11 is 0. The van der Waals surface area contributed by atoms with Crippen LogP contribution in [0.1, 0.15) is 70.4 Å². The summed E-state index contributed by atoms with van der Waals surface area (Å²) in [5.41, 5.74) is 0.492. The van der Waals surface area contributed by atoms with Crippen LogP contribution in [0.25, 0.3) is 0 Å². The lowest BCUT2D eigenvalue weighted by atomic mass is 9.52. The van der Waals surface area contributed by atoms with Gasteiger partial charge in [-0.05, 0) is 69.0 Å². The summed E-state index contributed by atoms with van der Waals surface area (Å²) in [4.78, 5) is 2.52. The molecule has 0 spiro atoms. The summed E-state index contributed by atoms with van der Waals surface area (Å²) in [6, 6.07) is 3.65. The molecule has 27 heavy (non-hydrogen) atoms. The molecule has 1 heterocycles. The van der Waals surface area contributed by atoms with Crippen LogP contribution in [0.5, 0.6) is 11.5 Å². The molecule has 1 aliphatic heterocycles. The third kappa shape index (κ3) is 2.79. The van der Waals surface area contributed by atoms with Crippen molar-refractivity contribution in [2.75, 3.05) is 13.1 Å². The predicted molar refractivity (Wildman–Crippen MR) is 107 cm³/mol. The molecule has 0 radical (unpaired) electrons. The molecule has 3 aliphatic rings. The normalized spacial score (nSPS) is 34.7. The smallest absolute Gasteiger partial charge is 0.161 e. The molecule has 3 N–H and O–H groups in total. The minimum Gasteiger partial charge on any atom is -0.504 e. The van der Waals surface area contributed by atoms with Gasteiger partial charge in [-0.1, -0.05) is 32.8 Å². The second-order valence-electron chi connectivity index (χ2n) is 9.68. The minimum absolute atomic E-state index is 0.0121. The highest BCUT2D eigenvalue weighted by atomic mass is 16.3. The Kier molecular flexibility index (Phi) is 4.71. The molecule has 1 saturated carbocycles. The van der Waals surface area contributed by atoms with Crippen molar-refractivity contribution in [3.05, 3.63) is 23.3 Å². The third-order valence-corrected chi connectivity index (χ3v) is 8.13. The van der Waals surface area contributed by atoms with E-state index in [0.717, 1.165) is 55.8 Å². The molecule has 1 unspecified atom stereocenters. The molecule has 4 atom stereocenters. The van der Waals surface area contributed by atoms with Crippen molar-refractivity contribution < 1.29 is 15.3 Å². The van der Waals surface area contributed by atoms with E-state index in [-0.39, 0.29) is 17.5 Å². The lowest BCUT2D eigenvalue weighted by Crippen LogP contribution is -2.70. The van der Waals surface area contributed by atoms with E-state index in [1.807, 2.05) is 13.0 Å². The van der Waals surface area contributed by atoms with Gasteiger partial charge in [0, 0.05) is 23.6 Å². The molecule has 2 bridgehead atoms. The van der Waals surface area contributed by atoms with Gasteiger partial charge in [0.25, 0.3) is 0 Å². The number of likely N-dealkylation sites (tertiary alicyclic amines) is 1. The van der Waals surface area contributed by atoms with Crippen LogP contribution in [0.15, 0.2) is 12.1 Å². The van der Waals surface area contributed by atoms with Crippen molar-refractivity contribution in [2.45, 2.75) is 82.8 Å². The summed E-state index contributed by atoms with van der Waals surface area (Å²) in [6.07, 6.45) is 7.43. The van der Waals surface area contributed by atoms with Crippen LogP contribution >= 0.6 is 0 Å². The molecular weight excluding hydrogens is 338 g/mol. The first-order chi connectivity index (χ1) is 12.8. The fourth-order valence-corrected chi connectivity index (χ4v) is 6.03. The van der Waals surface area contributed by atoms with Crippen LogP contribution < -0.4 is 0 Å². The molecule has 1 aromatic rings. The third-order valence-electron chi connectivity index (χ3n) is 8.13. The summed E-state index contributed by atoms with van der Waals surface area (Å²) in [7, 11) is 0. The maximum atomic E-state index is 12.0. The molecule has 2 aliphatic carbocycles. The zero-order valence-corrected chi connectivity index (χ0v) is 17.0. The number of piperidine rings is 1. The fourth-order valence-electron chi connectivity index (χ4n) is 6.03. The van der Waals surface area contributed by atoms with E-state index < -0.39 is 11.0 Å². The van der Waals surface area contributed by atoms with Crippen LogP contribution in [0, 0.1) is 11.8 Å². The minimum atomic E-state index is -0.920. The van der Waals surface area contributed by atoms with E-state index in [9.17, 15) is 15.3 Å². The fraction of sp³-hybridized carbons (Fsp3) is 0.739. The Morgan fingerprint density at radius 3 is 2.63 bits per heavy atom. The topological polar surface area (TPSA) is 63.9 Å². The van der Waals surface area contributed by atoms with Crippen LogP contribution in [-0.4, -0.2) is 45.0 Å².